The van der Waals surface area contributed by atoms with Gasteiger partial charge in [-0.05, 0) is 48.9 Å². The van der Waals surface area contributed by atoms with Gasteiger partial charge in [-0.25, -0.2) is 13.4 Å². The Labute approximate surface area is 202 Å². The van der Waals surface area contributed by atoms with Crippen LogP contribution in [0, 0.1) is 6.92 Å². The van der Waals surface area contributed by atoms with Crippen LogP contribution < -0.4 is 19.5 Å². The van der Waals surface area contributed by atoms with Crippen LogP contribution in [0.3, 0.4) is 0 Å². The molecular formula is C24H24N4O6S. The van der Waals surface area contributed by atoms with E-state index in [1.165, 1.54) is 42.3 Å². The molecule has 0 saturated carbocycles. The Balaban J connectivity index is 1.49. The van der Waals surface area contributed by atoms with Crippen LogP contribution in [0.5, 0.6) is 11.5 Å². The van der Waals surface area contributed by atoms with Crippen LogP contribution in [0.1, 0.15) is 15.9 Å². The number of benzene rings is 2. The first-order valence-corrected chi connectivity index (χ1v) is 12.2. The van der Waals surface area contributed by atoms with Crippen LogP contribution >= 0.6 is 0 Å². The SMILES string of the molecule is Cc1ccnc(NC(=O)CN(C)C(=O)c2ccccc2NS(=O)(=O)c2ccc3c(c2)OCCO3)c1. The van der Waals surface area contributed by atoms with Gasteiger partial charge < -0.3 is 19.7 Å². The van der Waals surface area contributed by atoms with Crippen LogP contribution in [0.4, 0.5) is 11.5 Å². The maximum absolute atomic E-state index is 13.1. The molecule has 182 valence electrons. The number of nitrogens with zero attached hydrogens (tertiary/aromatic N) is 2. The first-order valence-electron chi connectivity index (χ1n) is 10.7. The van der Waals surface area contributed by atoms with E-state index in [4.69, 9.17) is 9.47 Å². The molecule has 2 N–H and O–H groups in total. The van der Waals surface area contributed by atoms with Gasteiger partial charge in [-0.15, -0.1) is 0 Å². The zero-order chi connectivity index (χ0) is 25.0. The highest BCUT2D eigenvalue weighted by Gasteiger charge is 2.23. The number of amides is 2. The molecule has 0 bridgehead atoms. The average Bonchev–Trinajstić information content (AvgIpc) is 2.83. The Morgan fingerprint density at radius 1 is 1.03 bits per heavy atom. The van der Waals surface area contributed by atoms with E-state index in [0.717, 1.165) is 5.56 Å². The van der Waals surface area contributed by atoms with Gasteiger partial charge in [-0.2, -0.15) is 0 Å². The number of pyridine rings is 1. The number of nitrogens with one attached hydrogen (secondary N) is 2. The molecule has 2 aromatic carbocycles. The molecule has 35 heavy (non-hydrogen) atoms. The lowest BCUT2D eigenvalue weighted by Crippen LogP contribution is -2.35. The number of sulfonamides is 1. The minimum absolute atomic E-state index is 0.0395. The summed E-state index contributed by atoms with van der Waals surface area (Å²) >= 11 is 0. The van der Waals surface area contributed by atoms with Gasteiger partial charge in [0.1, 0.15) is 19.0 Å². The lowest BCUT2D eigenvalue weighted by Gasteiger charge is -2.20. The van der Waals surface area contributed by atoms with Gasteiger partial charge in [0.15, 0.2) is 11.5 Å². The minimum Gasteiger partial charge on any atom is -0.486 e. The summed E-state index contributed by atoms with van der Waals surface area (Å²) in [4.78, 5) is 30.7. The molecule has 1 aliphatic heterocycles. The molecule has 2 amide bonds. The van der Waals surface area contributed by atoms with Crippen LogP contribution in [-0.2, 0) is 14.8 Å². The van der Waals surface area contributed by atoms with E-state index < -0.39 is 21.8 Å². The van der Waals surface area contributed by atoms with Crippen molar-refractivity contribution < 1.29 is 27.5 Å². The predicted molar refractivity (Wildman–Crippen MR) is 129 cm³/mol. The van der Waals surface area contributed by atoms with Crippen molar-refractivity contribution in [1.82, 2.24) is 9.88 Å². The maximum Gasteiger partial charge on any atom is 0.262 e. The van der Waals surface area contributed by atoms with E-state index in [1.54, 1.807) is 30.5 Å². The molecule has 0 atom stereocenters. The monoisotopic (exact) mass is 496 g/mol. The number of fused-ring (bicyclic) bond motifs is 1. The second-order valence-electron chi connectivity index (χ2n) is 7.88. The zero-order valence-corrected chi connectivity index (χ0v) is 20.0. The third kappa shape index (κ3) is 5.69. The smallest absolute Gasteiger partial charge is 0.262 e. The van der Waals surface area contributed by atoms with Crippen molar-refractivity contribution in [2.24, 2.45) is 0 Å². The number of rotatable bonds is 7. The Kier molecular flexibility index (Phi) is 6.87. The van der Waals surface area contributed by atoms with E-state index in [-0.39, 0.29) is 22.7 Å². The highest BCUT2D eigenvalue weighted by atomic mass is 32.2. The number of hydrogen-bond donors (Lipinski definition) is 2. The molecule has 4 rings (SSSR count). The fraction of sp³-hybridized carbons (Fsp3) is 0.208. The van der Waals surface area contributed by atoms with Gasteiger partial charge >= 0.3 is 0 Å². The van der Waals surface area contributed by atoms with E-state index in [9.17, 15) is 18.0 Å². The Morgan fingerprint density at radius 3 is 2.54 bits per heavy atom. The van der Waals surface area contributed by atoms with Crippen molar-refractivity contribution in [1.29, 1.82) is 0 Å². The number of hydrogen-bond acceptors (Lipinski definition) is 7. The van der Waals surface area contributed by atoms with Crippen LogP contribution in [0.15, 0.2) is 65.7 Å². The van der Waals surface area contributed by atoms with E-state index in [0.29, 0.717) is 30.5 Å². The Bertz CT molecular complexity index is 1380. The van der Waals surface area contributed by atoms with E-state index in [1.807, 2.05) is 6.92 Å². The summed E-state index contributed by atoms with van der Waals surface area (Å²) in [5.41, 5.74) is 1.11. The second-order valence-corrected chi connectivity index (χ2v) is 9.57. The maximum atomic E-state index is 13.1. The normalized spacial score (nSPS) is 12.5. The number of aryl methyl sites for hydroxylation is 1. The molecule has 11 heteroatoms. The van der Waals surface area contributed by atoms with Crippen LogP contribution in [0.25, 0.3) is 0 Å². The molecule has 2 heterocycles. The topological polar surface area (TPSA) is 127 Å². The fourth-order valence-corrected chi connectivity index (χ4v) is 4.53. The number of anilines is 2. The molecule has 1 aliphatic rings. The van der Waals surface area contributed by atoms with Crippen molar-refractivity contribution in [2.75, 3.05) is 36.8 Å². The van der Waals surface area contributed by atoms with Gasteiger partial charge in [0, 0.05) is 19.3 Å². The molecule has 0 aliphatic carbocycles. The number of para-hydroxylation sites is 1. The Hall–Kier alpha value is -4.12. The predicted octanol–water partition coefficient (Wildman–Crippen LogP) is 2.67. The van der Waals surface area contributed by atoms with Crippen LogP contribution in [0.2, 0.25) is 0 Å². The van der Waals surface area contributed by atoms with Crippen molar-refractivity contribution in [2.45, 2.75) is 11.8 Å². The Morgan fingerprint density at radius 2 is 1.77 bits per heavy atom. The molecule has 10 nitrogen and oxygen atoms in total. The molecule has 0 radical (unpaired) electrons. The highest BCUT2D eigenvalue weighted by molar-refractivity contribution is 7.92. The average molecular weight is 497 g/mol. The molecule has 0 saturated heterocycles. The highest BCUT2D eigenvalue weighted by Crippen LogP contribution is 2.33. The number of carbonyl (C=O) groups excluding carboxylic acids is 2. The fourth-order valence-electron chi connectivity index (χ4n) is 3.43. The summed E-state index contributed by atoms with van der Waals surface area (Å²) in [6.07, 6.45) is 1.57. The first kappa shape index (κ1) is 24.0. The number of ether oxygens (including phenoxy) is 2. The van der Waals surface area contributed by atoms with E-state index >= 15 is 0 Å². The lowest BCUT2D eigenvalue weighted by molar-refractivity contribution is -0.116. The summed E-state index contributed by atoms with van der Waals surface area (Å²) in [7, 11) is -2.58. The van der Waals surface area contributed by atoms with Crippen molar-refractivity contribution in [3.05, 3.63) is 71.9 Å². The molecule has 1 aromatic heterocycles. The second kappa shape index (κ2) is 10.0. The number of aromatic nitrogens is 1. The third-order valence-corrected chi connectivity index (χ3v) is 6.50. The van der Waals surface area contributed by atoms with E-state index in [2.05, 4.69) is 15.0 Å². The molecule has 0 spiro atoms. The summed E-state index contributed by atoms with van der Waals surface area (Å²) in [6, 6.07) is 14.0. The molecule has 0 fully saturated rings. The molecular weight excluding hydrogens is 472 g/mol. The third-order valence-electron chi connectivity index (χ3n) is 5.14. The van der Waals surface area contributed by atoms with Gasteiger partial charge in [-0.3, -0.25) is 14.3 Å². The summed E-state index contributed by atoms with van der Waals surface area (Å²) in [5.74, 6) is 0.207. The summed E-state index contributed by atoms with van der Waals surface area (Å²) in [6.45, 7) is 2.33. The minimum atomic E-state index is -4.04. The lowest BCUT2D eigenvalue weighted by atomic mass is 10.1. The first-order chi connectivity index (χ1) is 16.7. The number of carbonyl (C=O) groups is 2. The van der Waals surface area contributed by atoms with Crippen molar-refractivity contribution in [3.63, 3.8) is 0 Å². The summed E-state index contributed by atoms with van der Waals surface area (Å²) in [5, 5.41) is 2.64. The van der Waals surface area contributed by atoms with Crippen molar-refractivity contribution >= 4 is 33.3 Å². The van der Waals surface area contributed by atoms with Crippen LogP contribution in [-0.4, -0.2) is 56.9 Å². The quantitative estimate of drug-likeness (QED) is 0.515. The van der Waals surface area contributed by atoms with Gasteiger partial charge in [0.2, 0.25) is 5.91 Å². The van der Waals surface area contributed by atoms with Gasteiger partial charge in [-0.1, -0.05) is 12.1 Å². The van der Waals surface area contributed by atoms with Gasteiger partial charge in [0.05, 0.1) is 22.7 Å². The molecule has 3 aromatic rings. The van der Waals surface area contributed by atoms with Gasteiger partial charge in [0.25, 0.3) is 15.9 Å². The number of likely N-dealkylation sites (N-methyl/N-ethyl adjacent to an activating group) is 1. The standard InChI is InChI=1S/C24H24N4O6S/c1-16-9-10-25-22(13-16)26-23(29)15-28(2)24(30)18-5-3-4-6-19(18)27-35(31,32)17-7-8-20-21(14-17)34-12-11-33-20/h3-10,13-14,27H,11-12,15H2,1-2H3,(H,25,26,29). The molecule has 0 unspecified atom stereocenters. The largest absolute Gasteiger partial charge is 0.486 e. The zero-order valence-electron chi connectivity index (χ0n) is 19.1. The summed E-state index contributed by atoms with van der Waals surface area (Å²) < 4.78 is 39.4. The van der Waals surface area contributed by atoms with Crippen molar-refractivity contribution in [3.8, 4) is 11.5 Å².